The van der Waals surface area contributed by atoms with E-state index in [1.807, 2.05) is 61.5 Å². The third kappa shape index (κ3) is 4.97. The van der Waals surface area contributed by atoms with Gasteiger partial charge >= 0.3 is 0 Å². The number of anilines is 2. The second-order valence-electron chi connectivity index (χ2n) is 8.56. The summed E-state index contributed by atoms with van der Waals surface area (Å²) >= 11 is 9.42. The molecule has 4 aromatic rings. The molecule has 1 aliphatic heterocycles. The lowest BCUT2D eigenvalue weighted by atomic mass is 10.0. The minimum Gasteiger partial charge on any atom is -0.494 e. The number of hydrogen-bond acceptors (Lipinski definition) is 4. The summed E-state index contributed by atoms with van der Waals surface area (Å²) in [6, 6.07) is 23.5. The summed E-state index contributed by atoms with van der Waals surface area (Å²) in [6.45, 7) is 1.81. The van der Waals surface area contributed by atoms with Crippen molar-refractivity contribution in [1.29, 1.82) is 0 Å². The number of amides is 1. The second kappa shape index (κ2) is 10.7. The Labute approximate surface area is 229 Å². The molecule has 0 aliphatic carbocycles. The molecule has 1 fully saturated rings. The molecule has 1 aliphatic rings. The molecule has 7 nitrogen and oxygen atoms in total. The zero-order valence-corrected chi connectivity index (χ0v) is 22.8. The molecule has 37 heavy (non-hydrogen) atoms. The predicted octanol–water partition coefficient (Wildman–Crippen LogP) is 6.17. The molecule has 1 saturated heterocycles. The zero-order chi connectivity index (χ0) is 25.9. The Hall–Kier alpha value is -3.69. The Morgan fingerprint density at radius 2 is 1.89 bits per heavy atom. The van der Waals surface area contributed by atoms with Gasteiger partial charge in [-0.05, 0) is 72.9 Å². The van der Waals surface area contributed by atoms with E-state index >= 15 is 0 Å². The highest BCUT2D eigenvalue weighted by Crippen LogP contribution is 2.44. The summed E-state index contributed by atoms with van der Waals surface area (Å²) in [7, 11) is 1.59. The standard InChI is InChI=1S/C28H26BrN5O2S/c1-3-25(35)31-21-14-13-20(17-24(21)36-2)34-27(26(32-28(34)37)22-7-4-5-15-30-22)23-8-6-16-33(23)19-11-9-18(29)10-12-19/h4-17,26-27H,3H2,1-2H3,(H,31,35)(H,32,37). The Morgan fingerprint density at radius 3 is 2.59 bits per heavy atom. The number of carbonyl (C=O) groups is 1. The fraction of sp³-hybridized carbons (Fsp3) is 0.179. The highest BCUT2D eigenvalue weighted by atomic mass is 79.9. The van der Waals surface area contributed by atoms with E-state index in [0.29, 0.717) is 23.0 Å². The number of nitrogens with one attached hydrogen (secondary N) is 2. The van der Waals surface area contributed by atoms with Gasteiger partial charge in [-0.1, -0.05) is 28.9 Å². The molecule has 0 bridgehead atoms. The maximum absolute atomic E-state index is 12.0. The van der Waals surface area contributed by atoms with Crippen molar-refractivity contribution < 1.29 is 9.53 Å². The van der Waals surface area contributed by atoms with Crippen molar-refractivity contribution in [2.24, 2.45) is 0 Å². The zero-order valence-electron chi connectivity index (χ0n) is 20.4. The van der Waals surface area contributed by atoms with Crippen LogP contribution in [0, 0.1) is 0 Å². The fourth-order valence-corrected chi connectivity index (χ4v) is 5.19. The van der Waals surface area contributed by atoms with Gasteiger partial charge in [-0.25, -0.2) is 0 Å². The van der Waals surface area contributed by atoms with E-state index in [2.05, 4.69) is 65.4 Å². The van der Waals surface area contributed by atoms with Crippen molar-refractivity contribution >= 4 is 50.5 Å². The number of rotatable bonds is 7. The Kier molecular flexibility index (Phi) is 7.25. The third-order valence-electron chi connectivity index (χ3n) is 6.34. The quantitative estimate of drug-likeness (QED) is 0.257. The summed E-state index contributed by atoms with van der Waals surface area (Å²) in [5.41, 5.74) is 4.44. The molecule has 2 N–H and O–H groups in total. The Morgan fingerprint density at radius 1 is 1.11 bits per heavy atom. The SMILES string of the molecule is CCC(=O)Nc1ccc(N2C(=S)NC(c3ccccn3)C2c2cccn2-c2ccc(Br)cc2)cc1OC. The molecule has 188 valence electrons. The van der Waals surface area contributed by atoms with Crippen LogP contribution in [0.5, 0.6) is 5.75 Å². The number of carbonyl (C=O) groups excluding carboxylic acids is 1. The van der Waals surface area contributed by atoms with Crippen LogP contribution in [-0.4, -0.2) is 27.7 Å². The number of methoxy groups -OCH3 is 1. The van der Waals surface area contributed by atoms with Crippen LogP contribution in [0.3, 0.4) is 0 Å². The van der Waals surface area contributed by atoms with Gasteiger partial charge in [0, 0.05) is 46.4 Å². The Balaban J connectivity index is 1.62. The number of halogens is 1. The largest absolute Gasteiger partial charge is 0.494 e. The van der Waals surface area contributed by atoms with Crippen molar-refractivity contribution in [3.05, 3.63) is 101 Å². The van der Waals surface area contributed by atoms with Gasteiger partial charge in [-0.15, -0.1) is 0 Å². The number of ether oxygens (including phenoxy) is 1. The minimum absolute atomic E-state index is 0.0789. The molecule has 0 spiro atoms. The fourth-order valence-electron chi connectivity index (χ4n) is 4.58. The molecule has 5 rings (SSSR count). The van der Waals surface area contributed by atoms with Crippen LogP contribution in [0.4, 0.5) is 11.4 Å². The Bertz CT molecular complexity index is 1420. The molecule has 2 aromatic carbocycles. The molecular weight excluding hydrogens is 550 g/mol. The number of hydrogen-bond donors (Lipinski definition) is 2. The first-order valence-electron chi connectivity index (χ1n) is 11.9. The number of nitrogens with zero attached hydrogens (tertiary/aromatic N) is 3. The number of benzene rings is 2. The van der Waals surface area contributed by atoms with Crippen LogP contribution in [0.1, 0.15) is 36.8 Å². The van der Waals surface area contributed by atoms with Crippen LogP contribution in [0.2, 0.25) is 0 Å². The van der Waals surface area contributed by atoms with Gasteiger partial charge in [0.1, 0.15) is 11.8 Å². The van der Waals surface area contributed by atoms with E-state index in [1.165, 1.54) is 0 Å². The van der Waals surface area contributed by atoms with Crippen molar-refractivity contribution in [3.63, 3.8) is 0 Å². The summed E-state index contributed by atoms with van der Waals surface area (Å²) < 4.78 is 8.83. The van der Waals surface area contributed by atoms with Gasteiger partial charge in [-0.3, -0.25) is 9.78 Å². The van der Waals surface area contributed by atoms with Crippen LogP contribution in [-0.2, 0) is 4.79 Å². The van der Waals surface area contributed by atoms with E-state index < -0.39 is 0 Å². The smallest absolute Gasteiger partial charge is 0.224 e. The molecule has 2 unspecified atom stereocenters. The number of aromatic nitrogens is 2. The van der Waals surface area contributed by atoms with E-state index in [-0.39, 0.29) is 18.0 Å². The number of thiocarbonyl (C=S) groups is 1. The van der Waals surface area contributed by atoms with Gasteiger partial charge in [-0.2, -0.15) is 0 Å². The summed E-state index contributed by atoms with van der Waals surface area (Å²) in [6.07, 6.45) is 4.23. The van der Waals surface area contributed by atoms with Crippen molar-refractivity contribution in [2.75, 3.05) is 17.3 Å². The van der Waals surface area contributed by atoms with Crippen molar-refractivity contribution in [1.82, 2.24) is 14.9 Å². The van der Waals surface area contributed by atoms with Gasteiger partial charge < -0.3 is 24.8 Å². The summed E-state index contributed by atoms with van der Waals surface area (Å²) in [5.74, 6) is 0.482. The van der Waals surface area contributed by atoms with Crippen LogP contribution in [0.15, 0.2) is 89.7 Å². The molecule has 0 saturated carbocycles. The lowest BCUT2D eigenvalue weighted by Gasteiger charge is -2.29. The normalized spacial score (nSPS) is 16.9. The number of pyridine rings is 1. The highest BCUT2D eigenvalue weighted by Gasteiger charge is 2.42. The maximum Gasteiger partial charge on any atom is 0.224 e. The molecular formula is C28H26BrN5O2S. The van der Waals surface area contributed by atoms with Gasteiger partial charge in [0.25, 0.3) is 0 Å². The molecule has 1 amide bonds. The second-order valence-corrected chi connectivity index (χ2v) is 9.86. The van der Waals surface area contributed by atoms with E-state index in [0.717, 1.165) is 27.2 Å². The minimum atomic E-state index is -0.207. The molecule has 2 aromatic heterocycles. The first-order valence-corrected chi connectivity index (χ1v) is 13.1. The highest BCUT2D eigenvalue weighted by molar-refractivity contribution is 9.10. The van der Waals surface area contributed by atoms with E-state index in [4.69, 9.17) is 17.0 Å². The van der Waals surface area contributed by atoms with E-state index in [9.17, 15) is 4.79 Å². The van der Waals surface area contributed by atoms with Crippen LogP contribution < -0.4 is 20.3 Å². The molecule has 0 radical (unpaired) electrons. The van der Waals surface area contributed by atoms with Crippen LogP contribution in [0.25, 0.3) is 5.69 Å². The molecule has 2 atom stereocenters. The average Bonchev–Trinajstić information content (AvgIpc) is 3.54. The predicted molar refractivity (Wildman–Crippen MR) is 153 cm³/mol. The lowest BCUT2D eigenvalue weighted by molar-refractivity contribution is -0.115. The topological polar surface area (TPSA) is 71.4 Å². The monoisotopic (exact) mass is 575 g/mol. The van der Waals surface area contributed by atoms with Crippen molar-refractivity contribution in [3.8, 4) is 11.4 Å². The average molecular weight is 577 g/mol. The van der Waals surface area contributed by atoms with Crippen LogP contribution >= 0.6 is 28.1 Å². The van der Waals surface area contributed by atoms with Crippen molar-refractivity contribution in [2.45, 2.75) is 25.4 Å². The molecule has 9 heteroatoms. The van der Waals surface area contributed by atoms with E-state index in [1.54, 1.807) is 13.3 Å². The van der Waals surface area contributed by atoms with Gasteiger partial charge in [0.2, 0.25) is 5.91 Å². The first kappa shape index (κ1) is 25.0. The summed E-state index contributed by atoms with van der Waals surface area (Å²) in [4.78, 5) is 18.8. The van der Waals surface area contributed by atoms with Gasteiger partial charge in [0.05, 0.1) is 24.5 Å². The maximum atomic E-state index is 12.0. The third-order valence-corrected chi connectivity index (χ3v) is 7.19. The van der Waals surface area contributed by atoms with Gasteiger partial charge in [0.15, 0.2) is 5.11 Å². The lowest BCUT2D eigenvalue weighted by Crippen LogP contribution is -2.30. The summed E-state index contributed by atoms with van der Waals surface area (Å²) in [5, 5.41) is 6.98. The first-order chi connectivity index (χ1) is 18.0. The molecule has 3 heterocycles.